The van der Waals surface area contributed by atoms with Gasteiger partial charge >= 0.3 is 5.97 Å². The smallest absolute Gasteiger partial charge is 0.355 e. The maximum Gasteiger partial charge on any atom is 0.355 e. The Kier molecular flexibility index (Phi) is 4.59. The Labute approximate surface area is 128 Å². The molecule has 1 aromatic heterocycles. The van der Waals surface area contributed by atoms with Gasteiger partial charge in [0.2, 0.25) is 0 Å². The summed E-state index contributed by atoms with van der Waals surface area (Å²) in [6.45, 7) is 0.109. The summed E-state index contributed by atoms with van der Waals surface area (Å²) in [7, 11) is 0. The normalized spacial score (nSPS) is 10.3. The molecule has 0 radical (unpaired) electrons. The molecule has 0 aliphatic rings. The molecule has 0 fully saturated rings. The van der Waals surface area contributed by atoms with Crippen LogP contribution in [0, 0.1) is 0 Å². The number of hydrogen-bond acceptors (Lipinski definition) is 4. The lowest BCUT2D eigenvalue weighted by Crippen LogP contribution is -2.23. The predicted molar refractivity (Wildman–Crippen MR) is 76.7 cm³/mol. The van der Waals surface area contributed by atoms with Crippen molar-refractivity contribution in [2.24, 2.45) is 0 Å². The Morgan fingerprint density at radius 3 is 2.50 bits per heavy atom. The van der Waals surface area contributed by atoms with E-state index in [9.17, 15) is 9.59 Å². The van der Waals surface area contributed by atoms with E-state index < -0.39 is 11.9 Å². The number of aromatic carboxylic acids is 1. The summed E-state index contributed by atoms with van der Waals surface area (Å²) in [6.07, 6.45) is 0. The van der Waals surface area contributed by atoms with Gasteiger partial charge in [-0.3, -0.25) is 4.79 Å². The van der Waals surface area contributed by atoms with Crippen LogP contribution < -0.4 is 5.32 Å². The SMILES string of the molecule is O=C(O)c1csc(CNC(=O)c2c(Cl)cccc2Cl)n1. The Balaban J connectivity index is 2.07. The average molecular weight is 331 g/mol. The zero-order chi connectivity index (χ0) is 14.7. The molecule has 0 aliphatic heterocycles. The first-order valence-electron chi connectivity index (χ1n) is 5.39. The zero-order valence-electron chi connectivity index (χ0n) is 9.89. The third kappa shape index (κ3) is 3.27. The van der Waals surface area contributed by atoms with Gasteiger partial charge in [0.25, 0.3) is 5.91 Å². The summed E-state index contributed by atoms with van der Waals surface area (Å²) in [5, 5.41) is 13.7. The van der Waals surface area contributed by atoms with Crippen molar-refractivity contribution in [1.29, 1.82) is 0 Å². The van der Waals surface area contributed by atoms with Gasteiger partial charge in [0.15, 0.2) is 5.69 Å². The highest BCUT2D eigenvalue weighted by Crippen LogP contribution is 2.24. The van der Waals surface area contributed by atoms with E-state index >= 15 is 0 Å². The summed E-state index contributed by atoms with van der Waals surface area (Å²) >= 11 is 13.0. The molecule has 0 atom stereocenters. The largest absolute Gasteiger partial charge is 0.476 e. The van der Waals surface area contributed by atoms with Crippen molar-refractivity contribution in [3.8, 4) is 0 Å². The van der Waals surface area contributed by atoms with Gasteiger partial charge in [0.05, 0.1) is 22.2 Å². The number of halogens is 2. The fourth-order valence-corrected chi connectivity index (χ4v) is 2.73. The average Bonchev–Trinajstić information content (AvgIpc) is 2.85. The van der Waals surface area contributed by atoms with E-state index in [1.165, 1.54) is 5.38 Å². The van der Waals surface area contributed by atoms with E-state index in [2.05, 4.69) is 10.3 Å². The van der Waals surface area contributed by atoms with E-state index in [-0.39, 0.29) is 27.8 Å². The van der Waals surface area contributed by atoms with Crippen LogP contribution in [-0.2, 0) is 6.54 Å². The highest BCUT2D eigenvalue weighted by Gasteiger charge is 2.15. The van der Waals surface area contributed by atoms with E-state index in [1.807, 2.05) is 0 Å². The molecule has 0 saturated carbocycles. The maximum atomic E-state index is 12.0. The van der Waals surface area contributed by atoms with E-state index in [1.54, 1.807) is 18.2 Å². The highest BCUT2D eigenvalue weighted by atomic mass is 35.5. The van der Waals surface area contributed by atoms with Gasteiger partial charge in [0.1, 0.15) is 5.01 Å². The van der Waals surface area contributed by atoms with Crippen LogP contribution in [0.2, 0.25) is 10.0 Å². The molecular formula is C12H8Cl2N2O3S. The van der Waals surface area contributed by atoms with Gasteiger partial charge in [-0.25, -0.2) is 9.78 Å². The fraction of sp³-hybridized carbons (Fsp3) is 0.0833. The maximum absolute atomic E-state index is 12.0. The van der Waals surface area contributed by atoms with Crippen LogP contribution in [0.15, 0.2) is 23.6 Å². The molecule has 20 heavy (non-hydrogen) atoms. The van der Waals surface area contributed by atoms with E-state index in [0.717, 1.165) is 11.3 Å². The van der Waals surface area contributed by atoms with Gasteiger partial charge in [0, 0.05) is 5.38 Å². The molecule has 1 heterocycles. The first-order valence-corrected chi connectivity index (χ1v) is 7.02. The van der Waals surface area contributed by atoms with Crippen molar-refractivity contribution >= 4 is 46.4 Å². The minimum absolute atomic E-state index is 0.0463. The minimum atomic E-state index is -1.10. The van der Waals surface area contributed by atoms with Crippen LogP contribution in [0.5, 0.6) is 0 Å². The Morgan fingerprint density at radius 2 is 1.95 bits per heavy atom. The number of nitrogens with zero attached hydrogens (tertiary/aromatic N) is 1. The zero-order valence-corrected chi connectivity index (χ0v) is 12.2. The van der Waals surface area contributed by atoms with Crippen molar-refractivity contribution in [1.82, 2.24) is 10.3 Å². The molecule has 0 saturated heterocycles. The molecule has 1 amide bonds. The summed E-state index contributed by atoms with van der Waals surface area (Å²) in [5.74, 6) is -1.54. The molecule has 104 valence electrons. The third-order valence-electron chi connectivity index (χ3n) is 2.36. The number of nitrogens with one attached hydrogen (secondary N) is 1. The Hall–Kier alpha value is -1.63. The van der Waals surface area contributed by atoms with Crippen LogP contribution in [0.25, 0.3) is 0 Å². The number of carbonyl (C=O) groups is 2. The summed E-state index contributed by atoms with van der Waals surface area (Å²) < 4.78 is 0. The van der Waals surface area contributed by atoms with Crippen molar-refractivity contribution in [3.63, 3.8) is 0 Å². The second-order valence-electron chi connectivity index (χ2n) is 3.71. The molecule has 1 aromatic carbocycles. The summed E-state index contributed by atoms with van der Waals surface area (Å²) in [5.41, 5.74) is 0.140. The lowest BCUT2D eigenvalue weighted by atomic mass is 10.2. The monoisotopic (exact) mass is 330 g/mol. The van der Waals surface area contributed by atoms with Crippen molar-refractivity contribution in [2.45, 2.75) is 6.54 Å². The van der Waals surface area contributed by atoms with Crippen molar-refractivity contribution < 1.29 is 14.7 Å². The van der Waals surface area contributed by atoms with Gasteiger partial charge in [-0.15, -0.1) is 11.3 Å². The lowest BCUT2D eigenvalue weighted by Gasteiger charge is -2.06. The molecule has 8 heteroatoms. The second-order valence-corrected chi connectivity index (χ2v) is 5.47. The summed E-state index contributed by atoms with van der Waals surface area (Å²) in [4.78, 5) is 26.5. The molecule has 5 nitrogen and oxygen atoms in total. The van der Waals surface area contributed by atoms with E-state index in [4.69, 9.17) is 28.3 Å². The van der Waals surface area contributed by atoms with Crippen LogP contribution in [0.4, 0.5) is 0 Å². The molecular weight excluding hydrogens is 323 g/mol. The molecule has 2 rings (SSSR count). The highest BCUT2D eigenvalue weighted by molar-refractivity contribution is 7.09. The predicted octanol–water partition coefficient (Wildman–Crippen LogP) is 3.08. The number of carboxylic acids is 1. The second kappa shape index (κ2) is 6.21. The quantitative estimate of drug-likeness (QED) is 0.902. The van der Waals surface area contributed by atoms with Crippen LogP contribution in [-0.4, -0.2) is 22.0 Å². The Morgan fingerprint density at radius 1 is 1.30 bits per heavy atom. The van der Waals surface area contributed by atoms with Crippen LogP contribution in [0.1, 0.15) is 25.9 Å². The van der Waals surface area contributed by atoms with Gasteiger partial charge in [-0.2, -0.15) is 0 Å². The topological polar surface area (TPSA) is 79.3 Å². The molecule has 0 bridgehead atoms. The van der Waals surface area contributed by atoms with E-state index in [0.29, 0.717) is 5.01 Å². The lowest BCUT2D eigenvalue weighted by molar-refractivity contribution is 0.0691. The number of carboxylic acid groups (broad SMARTS) is 1. The number of rotatable bonds is 4. The molecule has 2 aromatic rings. The molecule has 2 N–H and O–H groups in total. The molecule has 0 spiro atoms. The third-order valence-corrected chi connectivity index (χ3v) is 3.84. The van der Waals surface area contributed by atoms with Crippen molar-refractivity contribution in [3.05, 3.63) is 49.9 Å². The van der Waals surface area contributed by atoms with Gasteiger partial charge in [-0.1, -0.05) is 29.3 Å². The number of thiazole rings is 1. The van der Waals surface area contributed by atoms with Crippen LogP contribution in [0.3, 0.4) is 0 Å². The standard InChI is InChI=1S/C12H8Cl2N2O3S/c13-6-2-1-3-7(14)10(6)11(17)15-4-9-16-8(5-20-9)12(18)19/h1-3,5H,4H2,(H,15,17)(H,18,19). The number of aromatic nitrogens is 1. The molecule has 0 aliphatic carbocycles. The molecule has 0 unspecified atom stereocenters. The van der Waals surface area contributed by atoms with Crippen LogP contribution >= 0.6 is 34.5 Å². The summed E-state index contributed by atoms with van der Waals surface area (Å²) in [6, 6.07) is 4.77. The van der Waals surface area contributed by atoms with Crippen molar-refractivity contribution in [2.75, 3.05) is 0 Å². The number of benzene rings is 1. The van der Waals surface area contributed by atoms with Gasteiger partial charge < -0.3 is 10.4 Å². The number of hydrogen-bond donors (Lipinski definition) is 2. The number of carbonyl (C=O) groups excluding carboxylic acids is 1. The number of amides is 1. The minimum Gasteiger partial charge on any atom is -0.476 e. The first kappa shape index (κ1) is 14.8. The first-order chi connectivity index (χ1) is 9.49. The fourth-order valence-electron chi connectivity index (χ4n) is 1.45. The van der Waals surface area contributed by atoms with Gasteiger partial charge in [-0.05, 0) is 12.1 Å². The Bertz CT molecular complexity index is 652.